The normalized spacial score (nSPS) is 21.1. The van der Waals surface area contributed by atoms with Gasteiger partial charge in [0.25, 0.3) is 0 Å². The first-order valence-corrected chi connectivity index (χ1v) is 10.3. The van der Waals surface area contributed by atoms with Gasteiger partial charge in [-0.25, -0.2) is 13.1 Å². The third-order valence-electron chi connectivity index (χ3n) is 4.65. The van der Waals surface area contributed by atoms with E-state index in [4.69, 9.17) is 0 Å². The number of piperidine rings is 1. The molecule has 140 valence electrons. The molecule has 1 aromatic rings. The smallest absolute Gasteiger partial charge is 0.241 e. The zero-order chi connectivity index (χ0) is 18.6. The molecule has 1 aliphatic rings. The molecule has 2 rings (SSSR count). The van der Waals surface area contributed by atoms with Gasteiger partial charge in [0.2, 0.25) is 15.9 Å². The van der Waals surface area contributed by atoms with Gasteiger partial charge in [-0.1, -0.05) is 24.6 Å². The van der Waals surface area contributed by atoms with Gasteiger partial charge >= 0.3 is 0 Å². The summed E-state index contributed by atoms with van der Waals surface area (Å²) < 4.78 is 27.7. The van der Waals surface area contributed by atoms with Crippen molar-refractivity contribution < 1.29 is 13.2 Å². The van der Waals surface area contributed by atoms with E-state index in [2.05, 4.69) is 22.3 Å². The number of sulfonamides is 1. The van der Waals surface area contributed by atoms with E-state index < -0.39 is 10.0 Å². The van der Waals surface area contributed by atoms with Gasteiger partial charge in [0.05, 0.1) is 4.90 Å². The van der Waals surface area contributed by atoms with Gasteiger partial charge in [-0.05, 0) is 57.3 Å². The van der Waals surface area contributed by atoms with Crippen molar-refractivity contribution in [3.63, 3.8) is 0 Å². The number of benzene rings is 1. The number of carbonyl (C=O) groups is 1. The summed E-state index contributed by atoms with van der Waals surface area (Å²) in [4.78, 5) is 12.4. The number of aryl methyl sites for hydroxylation is 3. The molecule has 2 atom stereocenters. The van der Waals surface area contributed by atoms with Crippen LogP contribution in [0.5, 0.6) is 0 Å². The fourth-order valence-electron chi connectivity index (χ4n) is 3.47. The Balaban J connectivity index is 1.91. The van der Waals surface area contributed by atoms with Crippen LogP contribution in [0.15, 0.2) is 17.0 Å². The second kappa shape index (κ2) is 8.29. The average molecular weight is 368 g/mol. The first-order chi connectivity index (χ1) is 11.7. The van der Waals surface area contributed by atoms with Crippen LogP contribution in [0.1, 0.15) is 36.5 Å². The van der Waals surface area contributed by atoms with Crippen molar-refractivity contribution in [1.82, 2.24) is 15.4 Å². The molecule has 1 fully saturated rings. The molecule has 1 aromatic carbocycles. The molecule has 0 spiro atoms. The van der Waals surface area contributed by atoms with Crippen LogP contribution in [0.4, 0.5) is 0 Å². The lowest BCUT2D eigenvalue weighted by atomic mass is 9.95. The molecule has 0 bridgehead atoms. The van der Waals surface area contributed by atoms with Gasteiger partial charge in [0, 0.05) is 19.0 Å². The number of amides is 1. The molecule has 2 unspecified atom stereocenters. The monoisotopic (exact) mass is 367 g/mol. The Kier molecular flexibility index (Phi) is 6.59. The topological polar surface area (TPSA) is 87.3 Å². The Morgan fingerprint density at radius 3 is 2.48 bits per heavy atom. The van der Waals surface area contributed by atoms with Crippen molar-refractivity contribution in [2.75, 3.05) is 19.6 Å². The van der Waals surface area contributed by atoms with Crippen molar-refractivity contribution in [3.05, 3.63) is 28.8 Å². The van der Waals surface area contributed by atoms with E-state index in [9.17, 15) is 13.2 Å². The minimum Gasteiger partial charge on any atom is -0.353 e. The van der Waals surface area contributed by atoms with Crippen LogP contribution in [0.25, 0.3) is 0 Å². The van der Waals surface area contributed by atoms with Crippen LogP contribution in [-0.2, 0) is 14.8 Å². The third-order valence-corrected chi connectivity index (χ3v) is 6.41. The predicted octanol–water partition coefficient (Wildman–Crippen LogP) is 1.39. The minimum atomic E-state index is -3.62. The number of hydrogen-bond acceptors (Lipinski definition) is 4. The second-order valence-electron chi connectivity index (χ2n) is 7.02. The van der Waals surface area contributed by atoms with Gasteiger partial charge < -0.3 is 10.6 Å². The highest BCUT2D eigenvalue weighted by atomic mass is 32.2. The molecule has 0 aliphatic carbocycles. The maximum absolute atomic E-state index is 12.6. The Hall–Kier alpha value is -1.44. The summed E-state index contributed by atoms with van der Waals surface area (Å²) in [5.41, 5.74) is 2.47. The first-order valence-electron chi connectivity index (χ1n) is 8.78. The van der Waals surface area contributed by atoms with Crippen molar-refractivity contribution >= 4 is 15.9 Å². The quantitative estimate of drug-likeness (QED) is 0.709. The molecule has 1 saturated heterocycles. The lowest BCUT2D eigenvalue weighted by Gasteiger charge is -2.30. The maximum atomic E-state index is 12.6. The zero-order valence-corrected chi connectivity index (χ0v) is 16.3. The number of carbonyl (C=O) groups excluding carboxylic acids is 1. The highest BCUT2D eigenvalue weighted by Gasteiger charge is 2.23. The van der Waals surface area contributed by atoms with Crippen LogP contribution in [0.2, 0.25) is 0 Å². The van der Waals surface area contributed by atoms with E-state index in [0.29, 0.717) is 10.8 Å². The van der Waals surface area contributed by atoms with E-state index in [1.165, 1.54) is 0 Å². The van der Waals surface area contributed by atoms with Gasteiger partial charge in [0.1, 0.15) is 0 Å². The van der Waals surface area contributed by atoms with Crippen molar-refractivity contribution in [3.8, 4) is 0 Å². The molecular formula is C18H29N3O3S. The molecule has 0 radical (unpaired) electrons. The highest BCUT2D eigenvalue weighted by Crippen LogP contribution is 2.21. The largest absolute Gasteiger partial charge is 0.353 e. The fourth-order valence-corrected chi connectivity index (χ4v) is 4.95. The van der Waals surface area contributed by atoms with Crippen LogP contribution in [-0.4, -0.2) is 40.0 Å². The van der Waals surface area contributed by atoms with E-state index in [1.54, 1.807) is 13.8 Å². The van der Waals surface area contributed by atoms with E-state index in [1.807, 2.05) is 19.1 Å². The molecule has 0 aromatic heterocycles. The molecule has 25 heavy (non-hydrogen) atoms. The average Bonchev–Trinajstić information content (AvgIpc) is 2.48. The Morgan fingerprint density at radius 2 is 1.88 bits per heavy atom. The summed E-state index contributed by atoms with van der Waals surface area (Å²) in [6, 6.07) is 3.87. The van der Waals surface area contributed by atoms with Crippen molar-refractivity contribution in [2.24, 2.45) is 5.92 Å². The van der Waals surface area contributed by atoms with Gasteiger partial charge in [-0.2, -0.15) is 0 Å². The fraction of sp³-hybridized carbons (Fsp3) is 0.611. The number of rotatable bonds is 6. The number of hydrogen-bond donors (Lipinski definition) is 3. The summed E-state index contributed by atoms with van der Waals surface area (Å²) in [6.07, 6.45) is 1.04. The maximum Gasteiger partial charge on any atom is 0.241 e. The first kappa shape index (κ1) is 19.9. The highest BCUT2D eigenvalue weighted by molar-refractivity contribution is 7.89. The van der Waals surface area contributed by atoms with Crippen molar-refractivity contribution in [1.29, 1.82) is 0 Å². The van der Waals surface area contributed by atoms with Gasteiger partial charge in [-0.15, -0.1) is 0 Å². The minimum absolute atomic E-state index is 0.0975. The lowest BCUT2D eigenvalue weighted by Crippen LogP contribution is -2.48. The third kappa shape index (κ3) is 5.26. The summed E-state index contributed by atoms with van der Waals surface area (Å²) >= 11 is 0. The summed E-state index contributed by atoms with van der Waals surface area (Å²) in [6.45, 7) is 9.51. The van der Waals surface area contributed by atoms with E-state index in [-0.39, 0.29) is 24.9 Å². The molecule has 7 heteroatoms. The van der Waals surface area contributed by atoms with Gasteiger partial charge in [-0.3, -0.25) is 4.79 Å². The lowest BCUT2D eigenvalue weighted by molar-refractivity contribution is -0.122. The van der Waals surface area contributed by atoms with E-state index in [0.717, 1.165) is 36.2 Å². The SMILES string of the molecule is Cc1cc(C)c(S(=O)(=O)NCCC(=O)NC2CCNCC2C)c(C)c1. The Morgan fingerprint density at radius 1 is 1.24 bits per heavy atom. The zero-order valence-electron chi connectivity index (χ0n) is 15.5. The molecule has 6 nitrogen and oxygen atoms in total. The van der Waals surface area contributed by atoms with Crippen molar-refractivity contribution in [2.45, 2.75) is 51.5 Å². The van der Waals surface area contributed by atoms with Crippen LogP contribution in [0, 0.1) is 26.7 Å². The molecule has 1 aliphatic heterocycles. The Labute approximate surface area is 150 Å². The van der Waals surface area contributed by atoms with Crippen LogP contribution in [0.3, 0.4) is 0 Å². The summed E-state index contributed by atoms with van der Waals surface area (Å²) in [5, 5.41) is 6.30. The summed E-state index contributed by atoms with van der Waals surface area (Å²) in [5.74, 6) is 0.269. The van der Waals surface area contributed by atoms with Crippen LogP contribution < -0.4 is 15.4 Å². The summed E-state index contributed by atoms with van der Waals surface area (Å²) in [7, 11) is -3.62. The molecule has 3 N–H and O–H groups in total. The second-order valence-corrected chi connectivity index (χ2v) is 8.72. The molecule has 1 heterocycles. The Bertz CT molecular complexity index is 708. The number of nitrogens with one attached hydrogen (secondary N) is 3. The van der Waals surface area contributed by atoms with Gasteiger partial charge in [0.15, 0.2) is 0 Å². The van der Waals surface area contributed by atoms with E-state index >= 15 is 0 Å². The van der Waals surface area contributed by atoms with Crippen LogP contribution >= 0.6 is 0 Å². The predicted molar refractivity (Wildman–Crippen MR) is 99.0 cm³/mol. The standard InChI is InChI=1S/C18H29N3O3S/c1-12-9-13(2)18(14(3)10-12)25(23,24)20-8-6-17(22)21-16-5-7-19-11-15(16)4/h9-10,15-16,19-20H,5-8,11H2,1-4H3,(H,21,22). The molecule has 0 saturated carbocycles. The molecular weight excluding hydrogens is 338 g/mol. The molecule has 1 amide bonds.